The largest absolute Gasteiger partial charge is 0.382 e. The molecule has 4 nitrogen and oxygen atoms in total. The highest BCUT2D eigenvalue weighted by molar-refractivity contribution is 5.23. The summed E-state index contributed by atoms with van der Waals surface area (Å²) < 4.78 is 0. The number of hydrogen-bond acceptors (Lipinski definition) is 3. The molecule has 1 aromatic rings. The van der Waals surface area contributed by atoms with E-state index in [1.165, 1.54) is 0 Å². The SMILES string of the molecule is Cc1cccc(C(O)C[N+](=O)[O-])c1. The molecule has 0 saturated heterocycles. The van der Waals surface area contributed by atoms with Crippen LogP contribution >= 0.6 is 0 Å². The smallest absolute Gasteiger partial charge is 0.233 e. The van der Waals surface area contributed by atoms with E-state index in [-0.39, 0.29) is 0 Å². The van der Waals surface area contributed by atoms with E-state index < -0.39 is 17.6 Å². The predicted molar refractivity (Wildman–Crippen MR) is 48.0 cm³/mol. The van der Waals surface area contributed by atoms with Gasteiger partial charge in [0.15, 0.2) is 0 Å². The molecule has 0 aliphatic rings. The number of aryl methyl sites for hydroxylation is 1. The standard InChI is InChI=1S/C9H11NO3/c1-7-3-2-4-8(5-7)9(11)6-10(12)13/h2-5,9,11H,6H2,1H3. The van der Waals surface area contributed by atoms with E-state index in [1.807, 2.05) is 13.0 Å². The van der Waals surface area contributed by atoms with Gasteiger partial charge >= 0.3 is 0 Å². The van der Waals surface area contributed by atoms with Crippen molar-refractivity contribution in [2.75, 3.05) is 6.54 Å². The average molecular weight is 181 g/mol. The van der Waals surface area contributed by atoms with Gasteiger partial charge < -0.3 is 5.11 Å². The van der Waals surface area contributed by atoms with Crippen LogP contribution in [0.15, 0.2) is 24.3 Å². The lowest BCUT2D eigenvalue weighted by atomic mass is 10.1. The molecule has 1 unspecified atom stereocenters. The average Bonchev–Trinajstić information content (AvgIpc) is 2.03. The monoisotopic (exact) mass is 181 g/mol. The van der Waals surface area contributed by atoms with Crippen molar-refractivity contribution in [2.24, 2.45) is 0 Å². The Bertz CT molecular complexity index is 311. The van der Waals surface area contributed by atoms with Crippen LogP contribution in [0.4, 0.5) is 0 Å². The molecule has 0 spiro atoms. The molecule has 0 fully saturated rings. The molecule has 1 aromatic carbocycles. The molecule has 0 bridgehead atoms. The van der Waals surface area contributed by atoms with Crippen LogP contribution in [0, 0.1) is 17.0 Å². The van der Waals surface area contributed by atoms with Gasteiger partial charge in [-0.1, -0.05) is 29.8 Å². The van der Waals surface area contributed by atoms with Crippen molar-refractivity contribution in [3.63, 3.8) is 0 Å². The zero-order valence-electron chi connectivity index (χ0n) is 7.30. The fourth-order valence-corrected chi connectivity index (χ4v) is 1.12. The Hall–Kier alpha value is -1.42. The van der Waals surface area contributed by atoms with Crippen LogP contribution in [0.5, 0.6) is 0 Å². The highest BCUT2D eigenvalue weighted by Gasteiger charge is 2.13. The first-order valence-electron chi connectivity index (χ1n) is 3.96. The molecule has 0 amide bonds. The van der Waals surface area contributed by atoms with Crippen LogP contribution in [0.3, 0.4) is 0 Å². The number of nitrogens with zero attached hydrogens (tertiary/aromatic N) is 1. The second-order valence-electron chi connectivity index (χ2n) is 2.95. The molecule has 0 radical (unpaired) electrons. The summed E-state index contributed by atoms with van der Waals surface area (Å²) in [7, 11) is 0. The molecular weight excluding hydrogens is 170 g/mol. The van der Waals surface area contributed by atoms with Crippen LogP contribution in [0.2, 0.25) is 0 Å². The molecular formula is C9H11NO3. The third kappa shape index (κ3) is 2.83. The van der Waals surface area contributed by atoms with Gasteiger partial charge in [0.25, 0.3) is 0 Å². The van der Waals surface area contributed by atoms with Crippen LogP contribution in [-0.4, -0.2) is 16.6 Å². The van der Waals surface area contributed by atoms with Gasteiger partial charge in [-0.15, -0.1) is 0 Å². The zero-order valence-corrected chi connectivity index (χ0v) is 7.30. The zero-order chi connectivity index (χ0) is 9.84. The van der Waals surface area contributed by atoms with Gasteiger partial charge in [0.2, 0.25) is 6.54 Å². The van der Waals surface area contributed by atoms with E-state index >= 15 is 0 Å². The van der Waals surface area contributed by atoms with E-state index in [4.69, 9.17) is 0 Å². The van der Waals surface area contributed by atoms with Gasteiger partial charge in [0.05, 0.1) is 0 Å². The van der Waals surface area contributed by atoms with E-state index in [9.17, 15) is 15.2 Å². The molecule has 1 rings (SSSR count). The van der Waals surface area contributed by atoms with Crippen molar-refractivity contribution in [2.45, 2.75) is 13.0 Å². The molecule has 4 heteroatoms. The Morgan fingerprint density at radius 3 is 2.85 bits per heavy atom. The summed E-state index contributed by atoms with van der Waals surface area (Å²) in [5.41, 5.74) is 1.58. The number of aliphatic hydroxyl groups excluding tert-OH is 1. The van der Waals surface area contributed by atoms with Crippen molar-refractivity contribution in [3.8, 4) is 0 Å². The Labute approximate surface area is 76.0 Å². The van der Waals surface area contributed by atoms with Crippen molar-refractivity contribution < 1.29 is 10.0 Å². The predicted octanol–water partition coefficient (Wildman–Crippen LogP) is 1.31. The first-order chi connectivity index (χ1) is 6.09. The second-order valence-corrected chi connectivity index (χ2v) is 2.95. The van der Waals surface area contributed by atoms with Crippen molar-refractivity contribution >= 4 is 0 Å². The maximum absolute atomic E-state index is 10.1. The highest BCUT2D eigenvalue weighted by Crippen LogP contribution is 2.13. The van der Waals surface area contributed by atoms with Crippen molar-refractivity contribution in [1.82, 2.24) is 0 Å². The number of hydrogen-bond donors (Lipinski definition) is 1. The van der Waals surface area contributed by atoms with E-state index in [2.05, 4.69) is 0 Å². The van der Waals surface area contributed by atoms with E-state index in [0.29, 0.717) is 5.56 Å². The molecule has 0 heterocycles. The Morgan fingerprint density at radius 2 is 2.31 bits per heavy atom. The van der Waals surface area contributed by atoms with Crippen LogP contribution in [0.25, 0.3) is 0 Å². The summed E-state index contributed by atoms with van der Waals surface area (Å²) in [5, 5.41) is 19.5. The van der Waals surface area contributed by atoms with Crippen LogP contribution in [-0.2, 0) is 0 Å². The molecule has 70 valence electrons. The van der Waals surface area contributed by atoms with Gasteiger partial charge in [0.1, 0.15) is 6.10 Å². The third-order valence-electron chi connectivity index (χ3n) is 1.75. The Balaban J connectivity index is 2.76. The summed E-state index contributed by atoms with van der Waals surface area (Å²) in [4.78, 5) is 9.59. The van der Waals surface area contributed by atoms with Gasteiger partial charge in [-0.3, -0.25) is 10.1 Å². The minimum absolute atomic E-state index is 0.441. The first kappa shape index (κ1) is 9.67. The summed E-state index contributed by atoms with van der Waals surface area (Å²) in [6, 6.07) is 7.07. The Morgan fingerprint density at radius 1 is 1.62 bits per heavy atom. The maximum Gasteiger partial charge on any atom is 0.233 e. The van der Waals surface area contributed by atoms with E-state index in [1.54, 1.807) is 18.2 Å². The lowest BCUT2D eigenvalue weighted by molar-refractivity contribution is -0.491. The molecule has 0 aliphatic carbocycles. The van der Waals surface area contributed by atoms with E-state index in [0.717, 1.165) is 5.56 Å². The fourth-order valence-electron chi connectivity index (χ4n) is 1.12. The number of rotatable bonds is 3. The summed E-state index contributed by atoms with van der Waals surface area (Å²) in [6.45, 7) is 1.44. The maximum atomic E-state index is 10.1. The minimum atomic E-state index is -1.00. The molecule has 0 aromatic heterocycles. The highest BCUT2D eigenvalue weighted by atomic mass is 16.6. The van der Waals surface area contributed by atoms with Crippen LogP contribution < -0.4 is 0 Å². The first-order valence-corrected chi connectivity index (χ1v) is 3.96. The second kappa shape index (κ2) is 4.00. The Kier molecular flexibility index (Phi) is 2.97. The number of aliphatic hydroxyl groups is 1. The summed E-state index contributed by atoms with van der Waals surface area (Å²) in [6.07, 6.45) is -1.00. The molecule has 1 N–H and O–H groups in total. The molecule has 0 aliphatic heterocycles. The van der Waals surface area contributed by atoms with Gasteiger partial charge in [-0.25, -0.2) is 0 Å². The molecule has 0 saturated carbocycles. The van der Waals surface area contributed by atoms with Gasteiger partial charge in [-0.05, 0) is 12.5 Å². The van der Waals surface area contributed by atoms with Crippen molar-refractivity contribution in [3.05, 3.63) is 45.5 Å². The minimum Gasteiger partial charge on any atom is -0.382 e. The van der Waals surface area contributed by atoms with Crippen LogP contribution in [0.1, 0.15) is 17.2 Å². The number of benzene rings is 1. The summed E-state index contributed by atoms with van der Waals surface area (Å²) in [5.74, 6) is 0. The van der Waals surface area contributed by atoms with Crippen molar-refractivity contribution in [1.29, 1.82) is 0 Å². The number of nitro groups is 1. The normalized spacial score (nSPS) is 12.5. The molecule has 13 heavy (non-hydrogen) atoms. The fraction of sp³-hybridized carbons (Fsp3) is 0.333. The summed E-state index contributed by atoms with van der Waals surface area (Å²) >= 11 is 0. The van der Waals surface area contributed by atoms with Gasteiger partial charge in [0, 0.05) is 4.92 Å². The lowest BCUT2D eigenvalue weighted by Crippen LogP contribution is -2.11. The third-order valence-corrected chi connectivity index (χ3v) is 1.75. The molecule has 1 atom stereocenters. The van der Waals surface area contributed by atoms with Gasteiger partial charge in [-0.2, -0.15) is 0 Å². The topological polar surface area (TPSA) is 63.4 Å². The lowest BCUT2D eigenvalue weighted by Gasteiger charge is -2.06. The quantitative estimate of drug-likeness (QED) is 0.564.